The Bertz CT molecular complexity index is 1090. The molecule has 4 heteroatoms. The number of hydrogen-bond donors (Lipinski definition) is 1. The molecule has 0 spiro atoms. The maximum Gasteiger partial charge on any atom is 0.187 e. The van der Waals surface area contributed by atoms with Gasteiger partial charge in [0.2, 0.25) is 0 Å². The molecule has 0 amide bonds. The van der Waals surface area contributed by atoms with Gasteiger partial charge >= 0.3 is 0 Å². The first kappa shape index (κ1) is 17.5. The van der Waals surface area contributed by atoms with E-state index in [1.54, 1.807) is 17.5 Å². The highest BCUT2D eigenvalue weighted by atomic mass is 32.1. The summed E-state index contributed by atoms with van der Waals surface area (Å²) in [6, 6.07) is 16.1. The molecule has 1 aromatic heterocycles. The third kappa shape index (κ3) is 3.51. The van der Waals surface area contributed by atoms with E-state index < -0.39 is 0 Å². The number of carbonyl (C=O) groups excluding carboxylic acids is 1. The quantitative estimate of drug-likeness (QED) is 0.472. The van der Waals surface area contributed by atoms with Gasteiger partial charge in [-0.2, -0.15) is 5.26 Å². The number of anilines is 1. The molecule has 2 aromatic carbocycles. The number of fused-ring (bicyclic) bond motifs is 2. The molecule has 0 bridgehead atoms. The van der Waals surface area contributed by atoms with Crippen LogP contribution in [0.15, 0.2) is 54.7 Å². The Morgan fingerprint density at radius 1 is 1.26 bits per heavy atom. The zero-order valence-electron chi connectivity index (χ0n) is 15.2. The van der Waals surface area contributed by atoms with E-state index in [0.717, 1.165) is 40.6 Å². The number of hydrogen-bond acceptors (Lipinski definition) is 4. The molecule has 0 saturated heterocycles. The second-order valence-electron chi connectivity index (χ2n) is 7.07. The number of ketones is 1. The van der Waals surface area contributed by atoms with E-state index in [9.17, 15) is 10.1 Å². The lowest BCUT2D eigenvalue weighted by Gasteiger charge is -2.17. The molecule has 4 rings (SSSR count). The number of nitrogens with one attached hydrogen (secondary N) is 1. The maximum atomic E-state index is 12.5. The second-order valence-corrected chi connectivity index (χ2v) is 8.18. The highest BCUT2D eigenvalue weighted by molar-refractivity contribution is 7.16. The third-order valence-corrected chi connectivity index (χ3v) is 6.29. The molecule has 1 unspecified atom stereocenters. The monoisotopic (exact) mass is 372 g/mol. The average molecular weight is 372 g/mol. The number of benzene rings is 2. The SMILES string of the molecule is CC1CCc2c(sc(N/C=C/C(=O)c3ccc4ccccc4c3)c2C#N)C1. The van der Waals surface area contributed by atoms with Crippen LogP contribution in [0.1, 0.15) is 39.7 Å². The molecule has 0 aliphatic heterocycles. The van der Waals surface area contributed by atoms with Gasteiger partial charge in [-0.1, -0.05) is 43.3 Å². The van der Waals surface area contributed by atoms with Crippen molar-refractivity contribution in [2.45, 2.75) is 26.2 Å². The summed E-state index contributed by atoms with van der Waals surface area (Å²) in [6.07, 6.45) is 6.33. The van der Waals surface area contributed by atoms with Crippen LogP contribution in [0.3, 0.4) is 0 Å². The van der Waals surface area contributed by atoms with Crippen LogP contribution in [0.25, 0.3) is 10.8 Å². The fraction of sp³-hybridized carbons (Fsp3) is 0.217. The summed E-state index contributed by atoms with van der Waals surface area (Å²) >= 11 is 1.64. The van der Waals surface area contributed by atoms with E-state index in [1.807, 2.05) is 42.5 Å². The highest BCUT2D eigenvalue weighted by Crippen LogP contribution is 2.39. The van der Waals surface area contributed by atoms with Crippen LogP contribution < -0.4 is 5.32 Å². The molecule has 1 N–H and O–H groups in total. The first-order chi connectivity index (χ1) is 13.2. The number of thiophene rings is 1. The van der Waals surface area contributed by atoms with Crippen LogP contribution in [0.2, 0.25) is 0 Å². The standard InChI is InChI=1S/C23H20N2OS/c1-15-6-9-19-20(14-24)23(27-22(19)12-15)25-11-10-21(26)18-8-7-16-4-2-3-5-17(16)13-18/h2-5,7-8,10-11,13,15,25H,6,9,12H2,1H3/b11-10+. The van der Waals surface area contributed by atoms with E-state index in [2.05, 4.69) is 18.3 Å². The predicted molar refractivity (Wildman–Crippen MR) is 111 cm³/mol. The van der Waals surface area contributed by atoms with Crippen LogP contribution in [0, 0.1) is 17.2 Å². The van der Waals surface area contributed by atoms with Crippen molar-refractivity contribution in [3.05, 3.63) is 76.3 Å². The van der Waals surface area contributed by atoms with Gasteiger partial charge in [-0.15, -0.1) is 11.3 Å². The van der Waals surface area contributed by atoms with Gasteiger partial charge in [0.05, 0.1) is 5.56 Å². The molecule has 0 radical (unpaired) electrons. The summed E-state index contributed by atoms with van der Waals surface area (Å²) in [5.74, 6) is 0.613. The summed E-state index contributed by atoms with van der Waals surface area (Å²) in [7, 11) is 0. The van der Waals surface area contributed by atoms with Crippen molar-refractivity contribution in [2.24, 2.45) is 5.92 Å². The zero-order chi connectivity index (χ0) is 18.8. The molecule has 1 heterocycles. The first-order valence-electron chi connectivity index (χ1n) is 9.16. The van der Waals surface area contributed by atoms with Crippen molar-refractivity contribution in [3.63, 3.8) is 0 Å². The smallest absolute Gasteiger partial charge is 0.187 e. The normalized spacial score (nSPS) is 16.2. The summed E-state index contributed by atoms with van der Waals surface area (Å²) < 4.78 is 0. The van der Waals surface area contributed by atoms with Crippen molar-refractivity contribution >= 4 is 32.9 Å². The van der Waals surface area contributed by atoms with Gasteiger partial charge in [-0.3, -0.25) is 4.79 Å². The van der Waals surface area contributed by atoms with E-state index in [1.165, 1.54) is 16.5 Å². The van der Waals surface area contributed by atoms with Crippen molar-refractivity contribution in [1.82, 2.24) is 0 Å². The fourth-order valence-electron chi connectivity index (χ4n) is 3.60. The number of carbonyl (C=O) groups is 1. The molecule has 3 aromatic rings. The first-order valence-corrected chi connectivity index (χ1v) is 9.98. The fourth-order valence-corrected chi connectivity index (χ4v) is 4.94. The average Bonchev–Trinajstić information content (AvgIpc) is 3.03. The highest BCUT2D eigenvalue weighted by Gasteiger charge is 2.23. The number of nitrogens with zero attached hydrogens (tertiary/aromatic N) is 1. The second kappa shape index (κ2) is 7.38. The lowest BCUT2D eigenvalue weighted by Crippen LogP contribution is -2.09. The molecule has 3 nitrogen and oxygen atoms in total. The minimum absolute atomic E-state index is 0.0540. The number of rotatable bonds is 4. The predicted octanol–water partition coefficient (Wildman–Crippen LogP) is 5.71. The van der Waals surface area contributed by atoms with E-state index in [4.69, 9.17) is 0 Å². The Morgan fingerprint density at radius 3 is 2.89 bits per heavy atom. The van der Waals surface area contributed by atoms with Crippen molar-refractivity contribution in [3.8, 4) is 6.07 Å². The number of allylic oxidation sites excluding steroid dienone is 1. The topological polar surface area (TPSA) is 52.9 Å². The summed E-state index contributed by atoms with van der Waals surface area (Å²) in [5.41, 5.74) is 2.59. The van der Waals surface area contributed by atoms with Crippen LogP contribution in [-0.2, 0) is 12.8 Å². The van der Waals surface area contributed by atoms with Crippen molar-refractivity contribution in [1.29, 1.82) is 5.26 Å². The van der Waals surface area contributed by atoms with Gasteiger partial charge in [0.25, 0.3) is 0 Å². The largest absolute Gasteiger partial charge is 0.352 e. The molecule has 1 aliphatic carbocycles. The number of nitriles is 1. The van der Waals surface area contributed by atoms with E-state index in [-0.39, 0.29) is 5.78 Å². The van der Waals surface area contributed by atoms with Gasteiger partial charge in [0.15, 0.2) is 5.78 Å². The Balaban J connectivity index is 1.52. The van der Waals surface area contributed by atoms with Crippen LogP contribution in [-0.4, -0.2) is 5.78 Å². The Hall–Kier alpha value is -2.90. The Labute approximate surface area is 163 Å². The maximum absolute atomic E-state index is 12.5. The Morgan fingerprint density at radius 2 is 2.07 bits per heavy atom. The minimum Gasteiger partial charge on any atom is -0.352 e. The molecule has 27 heavy (non-hydrogen) atoms. The molecule has 1 aliphatic rings. The van der Waals surface area contributed by atoms with Crippen molar-refractivity contribution in [2.75, 3.05) is 5.32 Å². The van der Waals surface area contributed by atoms with Crippen LogP contribution >= 0.6 is 11.3 Å². The molecule has 1 atom stereocenters. The molecular formula is C23H20N2OS. The van der Waals surface area contributed by atoms with Crippen LogP contribution in [0.4, 0.5) is 5.00 Å². The van der Waals surface area contributed by atoms with E-state index >= 15 is 0 Å². The molecular weight excluding hydrogens is 352 g/mol. The Kier molecular flexibility index (Phi) is 4.79. The lowest BCUT2D eigenvalue weighted by molar-refractivity contribution is 0.104. The van der Waals surface area contributed by atoms with Gasteiger partial charge in [0, 0.05) is 22.7 Å². The van der Waals surface area contributed by atoms with Crippen LogP contribution in [0.5, 0.6) is 0 Å². The van der Waals surface area contributed by atoms with Gasteiger partial charge in [0.1, 0.15) is 11.1 Å². The van der Waals surface area contributed by atoms with Crippen molar-refractivity contribution < 1.29 is 4.79 Å². The van der Waals surface area contributed by atoms with Gasteiger partial charge < -0.3 is 5.32 Å². The lowest BCUT2D eigenvalue weighted by atomic mass is 9.89. The molecule has 134 valence electrons. The zero-order valence-corrected chi connectivity index (χ0v) is 16.0. The van der Waals surface area contributed by atoms with E-state index in [0.29, 0.717) is 11.5 Å². The third-order valence-electron chi connectivity index (χ3n) is 5.11. The minimum atomic E-state index is -0.0540. The summed E-state index contributed by atoms with van der Waals surface area (Å²) in [4.78, 5) is 13.8. The summed E-state index contributed by atoms with van der Waals surface area (Å²) in [6.45, 7) is 2.25. The molecule has 0 fully saturated rings. The van der Waals surface area contributed by atoms with Gasteiger partial charge in [-0.25, -0.2) is 0 Å². The molecule has 0 saturated carbocycles. The summed E-state index contributed by atoms with van der Waals surface area (Å²) in [5, 5.41) is 15.7. The van der Waals surface area contributed by atoms with Gasteiger partial charge in [-0.05, 0) is 47.6 Å².